The molecule has 100 valence electrons. The Labute approximate surface area is 106 Å². The third kappa shape index (κ3) is 2.81. The highest BCUT2D eigenvalue weighted by molar-refractivity contribution is 5.98. The summed E-state index contributed by atoms with van der Waals surface area (Å²) in [6, 6.07) is 8.78. The Morgan fingerprint density at radius 3 is 2.47 bits per heavy atom. The van der Waals surface area contributed by atoms with Crippen LogP contribution in [0, 0.1) is 0 Å². The molecule has 2 aromatic rings. The highest BCUT2D eigenvalue weighted by Crippen LogP contribution is 2.21. The maximum atomic E-state index is 12.2. The van der Waals surface area contributed by atoms with Crippen molar-refractivity contribution in [2.45, 2.75) is 19.1 Å². The van der Waals surface area contributed by atoms with Crippen molar-refractivity contribution < 1.29 is 18.0 Å². The molecular weight excluding hydrogens is 259 g/mol. The molecule has 0 aliphatic heterocycles. The fourth-order valence-electron chi connectivity index (χ4n) is 1.60. The van der Waals surface area contributed by atoms with Crippen LogP contribution in [0.1, 0.15) is 29.0 Å². The minimum Gasteiger partial charge on any atom is -0.282 e. The van der Waals surface area contributed by atoms with Gasteiger partial charge in [0.2, 0.25) is 0 Å². The molecule has 0 radical (unpaired) electrons. The van der Waals surface area contributed by atoms with Crippen molar-refractivity contribution in [3.63, 3.8) is 0 Å². The predicted molar refractivity (Wildman–Crippen MR) is 60.7 cm³/mol. The number of benzene rings is 1. The quantitative estimate of drug-likeness (QED) is 0.805. The van der Waals surface area contributed by atoms with E-state index in [0.717, 1.165) is 11.8 Å². The zero-order chi connectivity index (χ0) is 14.0. The van der Waals surface area contributed by atoms with E-state index in [1.54, 1.807) is 6.92 Å². The van der Waals surface area contributed by atoms with Crippen molar-refractivity contribution in [2.24, 2.45) is 0 Å². The van der Waals surface area contributed by atoms with Gasteiger partial charge in [0.05, 0.1) is 12.2 Å². The van der Waals surface area contributed by atoms with Gasteiger partial charge in [-0.25, -0.2) is 4.68 Å². The molecule has 1 aromatic carbocycles. The normalized spacial score (nSPS) is 13.3. The molecule has 1 atom stereocenters. The summed E-state index contributed by atoms with van der Waals surface area (Å²) in [5, 5.41) is 6.85. The first kappa shape index (κ1) is 13.3. The van der Waals surface area contributed by atoms with Crippen LogP contribution < -0.4 is 0 Å². The van der Waals surface area contributed by atoms with Gasteiger partial charge in [-0.05, 0) is 12.5 Å². The molecule has 1 unspecified atom stereocenters. The second-order valence-corrected chi connectivity index (χ2v) is 4.00. The van der Waals surface area contributed by atoms with Gasteiger partial charge in [0, 0.05) is 0 Å². The van der Waals surface area contributed by atoms with E-state index >= 15 is 0 Å². The number of hydrogen-bond donors (Lipinski definition) is 0. The molecule has 0 fully saturated rings. The van der Waals surface area contributed by atoms with Crippen LogP contribution in [0.25, 0.3) is 0 Å². The second kappa shape index (κ2) is 4.83. The number of Topliss-reactive ketones (excluding diaryl/α,β-unsaturated/α-hetero) is 1. The second-order valence-electron chi connectivity index (χ2n) is 4.00. The van der Waals surface area contributed by atoms with Gasteiger partial charge < -0.3 is 0 Å². The van der Waals surface area contributed by atoms with Crippen LogP contribution >= 0.6 is 0 Å². The molecule has 7 heteroatoms. The SMILES string of the molecule is CC(c1ccccc1)n1cc(C(=O)C(F)(F)F)nn1. The van der Waals surface area contributed by atoms with Crippen LogP contribution in [0.15, 0.2) is 36.5 Å². The number of ketones is 1. The lowest BCUT2D eigenvalue weighted by atomic mass is 10.1. The summed E-state index contributed by atoms with van der Waals surface area (Å²) >= 11 is 0. The van der Waals surface area contributed by atoms with E-state index in [9.17, 15) is 18.0 Å². The molecule has 0 aliphatic rings. The molecule has 2 rings (SSSR count). The van der Waals surface area contributed by atoms with Crippen molar-refractivity contribution in [1.82, 2.24) is 15.0 Å². The maximum Gasteiger partial charge on any atom is 0.456 e. The van der Waals surface area contributed by atoms with Crippen LogP contribution in [0.3, 0.4) is 0 Å². The molecule has 1 aromatic heterocycles. The van der Waals surface area contributed by atoms with Crippen molar-refractivity contribution in [3.05, 3.63) is 47.8 Å². The zero-order valence-electron chi connectivity index (χ0n) is 9.93. The lowest BCUT2D eigenvalue weighted by Crippen LogP contribution is -2.23. The average Bonchev–Trinajstić information content (AvgIpc) is 2.86. The first-order valence-corrected chi connectivity index (χ1v) is 5.48. The molecule has 0 aliphatic carbocycles. The highest BCUT2D eigenvalue weighted by atomic mass is 19.4. The molecule has 19 heavy (non-hydrogen) atoms. The highest BCUT2D eigenvalue weighted by Gasteiger charge is 2.41. The number of nitrogens with zero attached hydrogens (tertiary/aromatic N) is 3. The fraction of sp³-hybridized carbons (Fsp3) is 0.250. The lowest BCUT2D eigenvalue weighted by Gasteiger charge is -2.10. The Kier molecular flexibility index (Phi) is 3.37. The van der Waals surface area contributed by atoms with Crippen molar-refractivity contribution in [2.75, 3.05) is 0 Å². The van der Waals surface area contributed by atoms with Gasteiger partial charge in [-0.15, -0.1) is 5.10 Å². The molecule has 0 N–H and O–H groups in total. The van der Waals surface area contributed by atoms with Gasteiger partial charge in [-0.2, -0.15) is 13.2 Å². The number of rotatable bonds is 3. The van der Waals surface area contributed by atoms with Crippen molar-refractivity contribution in [3.8, 4) is 0 Å². The number of carbonyl (C=O) groups is 1. The van der Waals surface area contributed by atoms with E-state index in [2.05, 4.69) is 10.3 Å². The Bertz CT molecular complexity index is 577. The molecule has 4 nitrogen and oxygen atoms in total. The molecule has 0 amide bonds. The van der Waals surface area contributed by atoms with E-state index < -0.39 is 17.7 Å². The molecule has 0 spiro atoms. The standard InChI is InChI=1S/C12H10F3N3O/c1-8(9-5-3-2-4-6-9)18-7-10(16-17-18)11(19)12(13,14)15/h2-8H,1H3. The summed E-state index contributed by atoms with van der Waals surface area (Å²) in [5.74, 6) is -1.99. The van der Waals surface area contributed by atoms with Gasteiger partial charge in [0.1, 0.15) is 0 Å². The number of hydrogen-bond acceptors (Lipinski definition) is 3. The monoisotopic (exact) mass is 269 g/mol. The summed E-state index contributed by atoms with van der Waals surface area (Å²) in [5.41, 5.74) is 0.161. The number of aromatic nitrogens is 3. The van der Waals surface area contributed by atoms with Gasteiger partial charge >= 0.3 is 6.18 Å². The number of alkyl halides is 3. The summed E-state index contributed by atoms with van der Waals surface area (Å²) in [4.78, 5) is 11.0. The van der Waals surface area contributed by atoms with Crippen LogP contribution in [-0.4, -0.2) is 27.0 Å². The lowest BCUT2D eigenvalue weighted by molar-refractivity contribution is -0.0888. The Morgan fingerprint density at radius 1 is 1.26 bits per heavy atom. The third-order valence-corrected chi connectivity index (χ3v) is 2.68. The van der Waals surface area contributed by atoms with Crippen molar-refractivity contribution >= 4 is 5.78 Å². The summed E-state index contributed by atoms with van der Waals surface area (Å²) in [7, 11) is 0. The van der Waals surface area contributed by atoms with Gasteiger partial charge in [-0.3, -0.25) is 4.79 Å². The Balaban J connectivity index is 2.25. The van der Waals surface area contributed by atoms with E-state index in [-0.39, 0.29) is 6.04 Å². The Morgan fingerprint density at radius 2 is 1.89 bits per heavy atom. The minimum atomic E-state index is -4.93. The van der Waals surface area contributed by atoms with E-state index in [1.807, 2.05) is 30.3 Å². The van der Waals surface area contributed by atoms with Gasteiger partial charge in [0.15, 0.2) is 5.69 Å². The largest absolute Gasteiger partial charge is 0.456 e. The van der Waals surface area contributed by atoms with E-state index in [4.69, 9.17) is 0 Å². The summed E-state index contributed by atoms with van der Waals surface area (Å²) in [6.45, 7) is 1.76. The molecular formula is C12H10F3N3O. The first-order chi connectivity index (χ1) is 8.89. The summed E-state index contributed by atoms with van der Waals surface area (Å²) < 4.78 is 38.0. The molecule has 0 bridgehead atoms. The minimum absolute atomic E-state index is 0.302. The predicted octanol–water partition coefficient (Wildman–Crippen LogP) is 2.63. The smallest absolute Gasteiger partial charge is 0.282 e. The van der Waals surface area contributed by atoms with Crippen LogP contribution in [-0.2, 0) is 0 Å². The number of halogens is 3. The average molecular weight is 269 g/mol. The third-order valence-electron chi connectivity index (χ3n) is 2.68. The van der Waals surface area contributed by atoms with Crippen LogP contribution in [0.2, 0.25) is 0 Å². The van der Waals surface area contributed by atoms with Crippen LogP contribution in [0.4, 0.5) is 13.2 Å². The van der Waals surface area contributed by atoms with Crippen LogP contribution in [0.5, 0.6) is 0 Å². The van der Waals surface area contributed by atoms with E-state index in [0.29, 0.717) is 0 Å². The van der Waals surface area contributed by atoms with Crippen molar-refractivity contribution in [1.29, 1.82) is 0 Å². The zero-order valence-corrected chi connectivity index (χ0v) is 9.93. The number of carbonyl (C=O) groups excluding carboxylic acids is 1. The molecule has 1 heterocycles. The molecule has 0 saturated heterocycles. The maximum absolute atomic E-state index is 12.2. The van der Waals surface area contributed by atoms with Gasteiger partial charge in [-0.1, -0.05) is 35.5 Å². The van der Waals surface area contributed by atoms with Gasteiger partial charge in [0.25, 0.3) is 5.78 Å². The first-order valence-electron chi connectivity index (χ1n) is 5.48. The Hall–Kier alpha value is -2.18. The fourth-order valence-corrected chi connectivity index (χ4v) is 1.60. The topological polar surface area (TPSA) is 47.8 Å². The summed E-state index contributed by atoms with van der Waals surface area (Å²) in [6.07, 6.45) is -3.93. The molecule has 0 saturated carbocycles. The van der Waals surface area contributed by atoms with E-state index in [1.165, 1.54) is 4.68 Å².